The molecular formula is C32H51F. The molecule has 0 bridgehead atoms. The second-order valence-electron chi connectivity index (χ2n) is 11.3. The molecule has 0 N–H and O–H groups in total. The second-order valence-corrected chi connectivity index (χ2v) is 11.3. The third-order valence-corrected chi connectivity index (χ3v) is 8.68. The lowest BCUT2D eigenvalue weighted by atomic mass is 9.76. The first-order chi connectivity index (χ1) is 16.2. The molecule has 1 atom stereocenters. The zero-order valence-corrected chi connectivity index (χ0v) is 21.9. The summed E-state index contributed by atoms with van der Waals surface area (Å²) < 4.78 is 14.5. The van der Waals surface area contributed by atoms with Gasteiger partial charge in [-0.3, -0.25) is 0 Å². The van der Waals surface area contributed by atoms with Gasteiger partial charge in [-0.05, 0) is 86.3 Å². The van der Waals surface area contributed by atoms with E-state index in [1.54, 1.807) is 11.6 Å². The van der Waals surface area contributed by atoms with E-state index in [2.05, 4.69) is 26.0 Å². The van der Waals surface area contributed by atoms with E-state index in [9.17, 15) is 4.39 Å². The van der Waals surface area contributed by atoms with Gasteiger partial charge in [0.25, 0.3) is 0 Å². The van der Waals surface area contributed by atoms with Crippen LogP contribution in [0.2, 0.25) is 0 Å². The minimum atomic E-state index is 0.0149. The van der Waals surface area contributed by atoms with E-state index in [0.717, 1.165) is 49.0 Å². The van der Waals surface area contributed by atoms with Crippen molar-refractivity contribution in [3.05, 3.63) is 46.8 Å². The predicted molar refractivity (Wildman–Crippen MR) is 142 cm³/mol. The summed E-state index contributed by atoms with van der Waals surface area (Å²) in [7, 11) is 0. The maximum Gasteiger partial charge on any atom is 0.126 e. The molecule has 0 aliphatic heterocycles. The SMILES string of the molecule is CCCCCCc1ccc(CCC2=CCC(CC[C@H]3CC[C@H](CCCC)CC3)CC2)cc1F. The fourth-order valence-corrected chi connectivity index (χ4v) is 6.20. The number of benzene rings is 1. The smallest absolute Gasteiger partial charge is 0.126 e. The van der Waals surface area contributed by atoms with Crippen LogP contribution in [0.15, 0.2) is 29.8 Å². The van der Waals surface area contributed by atoms with E-state index in [-0.39, 0.29) is 5.82 Å². The molecule has 186 valence electrons. The van der Waals surface area contributed by atoms with Crippen LogP contribution in [0.25, 0.3) is 0 Å². The molecule has 3 rings (SSSR count). The molecule has 2 aliphatic rings. The molecule has 2 aliphatic carbocycles. The van der Waals surface area contributed by atoms with Gasteiger partial charge in [0.1, 0.15) is 5.82 Å². The van der Waals surface area contributed by atoms with Crippen LogP contribution >= 0.6 is 0 Å². The third-order valence-electron chi connectivity index (χ3n) is 8.68. The summed E-state index contributed by atoms with van der Waals surface area (Å²) in [5.41, 5.74) is 3.69. The molecule has 1 unspecified atom stereocenters. The fourth-order valence-electron chi connectivity index (χ4n) is 6.20. The summed E-state index contributed by atoms with van der Waals surface area (Å²) >= 11 is 0. The first-order valence-corrected chi connectivity index (χ1v) is 14.6. The lowest BCUT2D eigenvalue weighted by Gasteiger charge is -2.30. The van der Waals surface area contributed by atoms with E-state index in [0.29, 0.717) is 0 Å². The normalized spacial score (nSPS) is 23.5. The van der Waals surface area contributed by atoms with Crippen LogP contribution in [-0.4, -0.2) is 0 Å². The van der Waals surface area contributed by atoms with Gasteiger partial charge in [-0.25, -0.2) is 4.39 Å². The summed E-state index contributed by atoms with van der Waals surface area (Å²) in [6, 6.07) is 6.01. The van der Waals surface area contributed by atoms with E-state index >= 15 is 0 Å². The molecule has 0 spiro atoms. The van der Waals surface area contributed by atoms with E-state index in [4.69, 9.17) is 0 Å². The molecule has 0 radical (unpaired) electrons. The van der Waals surface area contributed by atoms with Gasteiger partial charge in [0.15, 0.2) is 0 Å². The van der Waals surface area contributed by atoms with Crippen molar-refractivity contribution in [3.63, 3.8) is 0 Å². The highest BCUT2D eigenvalue weighted by atomic mass is 19.1. The lowest BCUT2D eigenvalue weighted by molar-refractivity contribution is 0.235. The molecule has 1 heteroatoms. The fraction of sp³-hybridized carbons (Fsp3) is 0.750. The predicted octanol–water partition coefficient (Wildman–Crippen LogP) is 10.4. The number of halogens is 1. The van der Waals surface area contributed by atoms with Gasteiger partial charge in [0.05, 0.1) is 0 Å². The Balaban J connectivity index is 1.31. The van der Waals surface area contributed by atoms with Gasteiger partial charge in [-0.15, -0.1) is 0 Å². The average Bonchev–Trinajstić information content (AvgIpc) is 2.85. The van der Waals surface area contributed by atoms with E-state index < -0.39 is 0 Å². The number of hydrogen-bond acceptors (Lipinski definition) is 0. The van der Waals surface area contributed by atoms with Crippen molar-refractivity contribution in [1.29, 1.82) is 0 Å². The monoisotopic (exact) mass is 454 g/mol. The minimum absolute atomic E-state index is 0.0149. The minimum Gasteiger partial charge on any atom is -0.207 e. The second kappa shape index (κ2) is 15.0. The number of aryl methyl sites for hydroxylation is 2. The van der Waals surface area contributed by atoms with E-state index in [1.807, 2.05) is 6.07 Å². The van der Waals surface area contributed by atoms with Gasteiger partial charge in [0, 0.05) is 0 Å². The number of hydrogen-bond donors (Lipinski definition) is 0. The topological polar surface area (TPSA) is 0 Å². The molecule has 0 aromatic heterocycles. The Bertz CT molecular complexity index is 694. The summed E-state index contributed by atoms with van der Waals surface area (Å²) in [4.78, 5) is 0. The highest BCUT2D eigenvalue weighted by molar-refractivity contribution is 5.25. The van der Waals surface area contributed by atoms with Gasteiger partial charge >= 0.3 is 0 Å². The largest absolute Gasteiger partial charge is 0.207 e. The van der Waals surface area contributed by atoms with Gasteiger partial charge < -0.3 is 0 Å². The van der Waals surface area contributed by atoms with Crippen LogP contribution in [-0.2, 0) is 12.8 Å². The zero-order valence-electron chi connectivity index (χ0n) is 21.9. The summed E-state index contributed by atoms with van der Waals surface area (Å²) in [5, 5.41) is 0. The average molecular weight is 455 g/mol. The zero-order chi connectivity index (χ0) is 23.3. The van der Waals surface area contributed by atoms with Crippen LogP contribution in [0, 0.1) is 23.6 Å². The maximum atomic E-state index is 14.5. The number of allylic oxidation sites excluding steroid dienone is 2. The van der Waals surface area contributed by atoms with Crippen LogP contribution in [0.5, 0.6) is 0 Å². The van der Waals surface area contributed by atoms with Crippen molar-refractivity contribution in [1.82, 2.24) is 0 Å². The van der Waals surface area contributed by atoms with Crippen molar-refractivity contribution in [2.24, 2.45) is 17.8 Å². The Hall–Kier alpha value is -1.11. The molecule has 1 aromatic carbocycles. The van der Waals surface area contributed by atoms with Crippen molar-refractivity contribution in [2.45, 2.75) is 136 Å². The molecule has 1 fully saturated rings. The van der Waals surface area contributed by atoms with Crippen molar-refractivity contribution >= 4 is 0 Å². The molecule has 33 heavy (non-hydrogen) atoms. The van der Waals surface area contributed by atoms with Crippen LogP contribution in [0.4, 0.5) is 4.39 Å². The van der Waals surface area contributed by atoms with E-state index in [1.165, 1.54) is 102 Å². The lowest BCUT2D eigenvalue weighted by Crippen LogP contribution is -2.16. The Morgan fingerprint density at radius 2 is 1.45 bits per heavy atom. The third kappa shape index (κ3) is 9.58. The van der Waals surface area contributed by atoms with Gasteiger partial charge in [-0.2, -0.15) is 0 Å². The Kier molecular flexibility index (Phi) is 12.0. The summed E-state index contributed by atoms with van der Waals surface area (Å²) in [6.07, 6.45) is 27.5. The summed E-state index contributed by atoms with van der Waals surface area (Å²) in [6.45, 7) is 4.54. The highest BCUT2D eigenvalue weighted by Gasteiger charge is 2.22. The summed E-state index contributed by atoms with van der Waals surface area (Å²) in [5.74, 6) is 2.98. The van der Waals surface area contributed by atoms with Gasteiger partial charge in [-0.1, -0.05) is 108 Å². The van der Waals surface area contributed by atoms with Crippen molar-refractivity contribution in [2.75, 3.05) is 0 Å². The molecule has 0 nitrogen and oxygen atoms in total. The molecule has 0 saturated heterocycles. The highest BCUT2D eigenvalue weighted by Crippen LogP contribution is 2.37. The van der Waals surface area contributed by atoms with Crippen molar-refractivity contribution in [3.8, 4) is 0 Å². The molecule has 0 amide bonds. The number of unbranched alkanes of at least 4 members (excludes halogenated alkanes) is 4. The quantitative estimate of drug-likeness (QED) is 0.194. The van der Waals surface area contributed by atoms with Crippen LogP contribution in [0.3, 0.4) is 0 Å². The van der Waals surface area contributed by atoms with Gasteiger partial charge in [0.2, 0.25) is 0 Å². The molecule has 1 saturated carbocycles. The Labute approximate surface area is 204 Å². The first kappa shape index (κ1) is 26.5. The first-order valence-electron chi connectivity index (χ1n) is 14.6. The number of rotatable bonds is 14. The Morgan fingerprint density at radius 3 is 2.12 bits per heavy atom. The van der Waals surface area contributed by atoms with Crippen molar-refractivity contribution < 1.29 is 4.39 Å². The molecule has 1 aromatic rings. The molecular weight excluding hydrogens is 403 g/mol. The van der Waals surface area contributed by atoms with Crippen LogP contribution < -0.4 is 0 Å². The standard InChI is InChI=1S/C32H51F/c1-3-5-7-8-10-31-24-23-30(25-32(31)33)22-21-29-19-17-28(18-20-29)16-15-27-13-11-26(12-14-27)9-6-4-2/h19,23-28H,3-18,20-22H2,1-2H3/t26-,27-,28?. The molecule has 0 heterocycles. The van der Waals surface area contributed by atoms with Crippen LogP contribution in [0.1, 0.15) is 134 Å². The Morgan fingerprint density at radius 1 is 0.727 bits per heavy atom. The maximum absolute atomic E-state index is 14.5.